The largest absolute Gasteiger partial charge is 0.383 e. The van der Waals surface area contributed by atoms with E-state index in [4.69, 9.17) is 4.74 Å². The monoisotopic (exact) mass is 334 g/mol. The lowest BCUT2D eigenvalue weighted by Gasteiger charge is -2.34. The summed E-state index contributed by atoms with van der Waals surface area (Å²) in [6.07, 6.45) is 0. The van der Waals surface area contributed by atoms with Crippen molar-refractivity contribution >= 4 is 17.6 Å². The van der Waals surface area contributed by atoms with Crippen molar-refractivity contribution in [3.63, 3.8) is 0 Å². The fourth-order valence-electron chi connectivity index (χ4n) is 2.59. The third kappa shape index (κ3) is 5.82. The van der Waals surface area contributed by atoms with Crippen LogP contribution in [0, 0.1) is 6.92 Å². The first kappa shape index (κ1) is 18.2. The van der Waals surface area contributed by atoms with E-state index in [2.05, 4.69) is 15.5 Å². The van der Waals surface area contributed by atoms with Gasteiger partial charge in [-0.2, -0.15) is 0 Å². The van der Waals surface area contributed by atoms with Crippen LogP contribution in [-0.4, -0.2) is 74.7 Å². The van der Waals surface area contributed by atoms with Gasteiger partial charge in [-0.25, -0.2) is 4.79 Å². The van der Waals surface area contributed by atoms with Gasteiger partial charge in [0.25, 0.3) is 0 Å². The molecule has 1 aromatic rings. The summed E-state index contributed by atoms with van der Waals surface area (Å²) in [5.41, 5.74) is 1.91. The van der Waals surface area contributed by atoms with Gasteiger partial charge in [-0.15, -0.1) is 0 Å². The van der Waals surface area contributed by atoms with Crippen molar-refractivity contribution in [1.82, 2.24) is 15.1 Å². The molecule has 0 atom stereocenters. The Labute approximate surface area is 142 Å². The topological polar surface area (TPSA) is 73.9 Å². The van der Waals surface area contributed by atoms with E-state index in [1.54, 1.807) is 12.0 Å². The van der Waals surface area contributed by atoms with Crippen LogP contribution in [0.1, 0.15) is 5.56 Å². The van der Waals surface area contributed by atoms with Crippen LogP contribution in [0.3, 0.4) is 0 Å². The molecule has 0 aliphatic carbocycles. The van der Waals surface area contributed by atoms with Gasteiger partial charge in [-0.1, -0.05) is 12.1 Å². The molecular weight excluding hydrogens is 308 g/mol. The Hall–Kier alpha value is -2.12. The minimum absolute atomic E-state index is 0.00953. The molecular formula is C17H26N4O3. The smallest absolute Gasteiger partial charge is 0.321 e. The van der Waals surface area contributed by atoms with Crippen LogP contribution in [0.5, 0.6) is 0 Å². The van der Waals surface area contributed by atoms with Crippen molar-refractivity contribution in [3.05, 3.63) is 29.8 Å². The molecule has 1 saturated heterocycles. The number of anilines is 1. The zero-order valence-corrected chi connectivity index (χ0v) is 14.4. The molecule has 0 radical (unpaired) electrons. The third-order valence-corrected chi connectivity index (χ3v) is 3.92. The number of hydrogen-bond acceptors (Lipinski definition) is 4. The summed E-state index contributed by atoms with van der Waals surface area (Å²) in [5, 5.41) is 5.72. The maximum absolute atomic E-state index is 12.3. The average molecular weight is 334 g/mol. The van der Waals surface area contributed by atoms with Crippen LogP contribution in [0.15, 0.2) is 24.3 Å². The number of benzene rings is 1. The summed E-state index contributed by atoms with van der Waals surface area (Å²) in [4.78, 5) is 27.9. The molecule has 0 unspecified atom stereocenters. The predicted molar refractivity (Wildman–Crippen MR) is 93.1 cm³/mol. The first-order valence-corrected chi connectivity index (χ1v) is 8.19. The van der Waals surface area contributed by atoms with Crippen molar-refractivity contribution in [2.24, 2.45) is 0 Å². The standard InChI is InChI=1S/C17H26N4O3/c1-14-4-3-5-15(12-14)19-17(23)21-9-7-20(8-10-21)13-16(22)18-6-11-24-2/h3-5,12H,6-11,13H2,1-2H3,(H,18,22)(H,19,23). The lowest BCUT2D eigenvalue weighted by molar-refractivity contribution is -0.122. The summed E-state index contributed by atoms with van der Waals surface area (Å²) in [7, 11) is 1.60. The number of carbonyl (C=O) groups is 2. The molecule has 24 heavy (non-hydrogen) atoms. The summed E-state index contributed by atoms with van der Waals surface area (Å²) in [5.74, 6) is -0.00953. The van der Waals surface area contributed by atoms with Gasteiger partial charge in [-0.3, -0.25) is 9.69 Å². The van der Waals surface area contributed by atoms with Gasteiger partial charge in [0.15, 0.2) is 0 Å². The fourth-order valence-corrected chi connectivity index (χ4v) is 2.59. The lowest BCUT2D eigenvalue weighted by Crippen LogP contribution is -2.52. The summed E-state index contributed by atoms with van der Waals surface area (Å²) < 4.78 is 4.90. The normalized spacial score (nSPS) is 15.2. The molecule has 1 aliphatic heterocycles. The average Bonchev–Trinajstić information content (AvgIpc) is 2.55. The van der Waals surface area contributed by atoms with E-state index < -0.39 is 0 Å². The Morgan fingerprint density at radius 1 is 1.21 bits per heavy atom. The molecule has 0 saturated carbocycles. The van der Waals surface area contributed by atoms with Gasteiger partial charge >= 0.3 is 6.03 Å². The highest BCUT2D eigenvalue weighted by atomic mass is 16.5. The van der Waals surface area contributed by atoms with Gasteiger partial charge in [-0.05, 0) is 24.6 Å². The van der Waals surface area contributed by atoms with Crippen LogP contribution in [0.4, 0.5) is 10.5 Å². The number of urea groups is 1. The van der Waals surface area contributed by atoms with Gasteiger partial charge in [0.05, 0.1) is 13.2 Å². The molecule has 0 aromatic heterocycles. The predicted octanol–water partition coefficient (Wildman–Crippen LogP) is 0.907. The van der Waals surface area contributed by atoms with Crippen molar-refractivity contribution in [2.45, 2.75) is 6.92 Å². The SMILES string of the molecule is COCCNC(=O)CN1CCN(C(=O)Nc2cccc(C)c2)CC1. The lowest BCUT2D eigenvalue weighted by atomic mass is 10.2. The number of rotatable bonds is 6. The molecule has 2 rings (SSSR count). The molecule has 1 aliphatic rings. The van der Waals surface area contributed by atoms with Crippen molar-refractivity contribution in [2.75, 3.05) is 58.3 Å². The maximum atomic E-state index is 12.3. The second kappa shape index (κ2) is 9.24. The highest BCUT2D eigenvalue weighted by molar-refractivity contribution is 5.89. The Morgan fingerprint density at radius 2 is 1.96 bits per heavy atom. The van der Waals surface area contributed by atoms with Gasteiger partial charge in [0, 0.05) is 45.5 Å². The van der Waals surface area contributed by atoms with E-state index in [0.29, 0.717) is 45.9 Å². The van der Waals surface area contributed by atoms with Crippen LogP contribution < -0.4 is 10.6 Å². The van der Waals surface area contributed by atoms with Crippen LogP contribution in [-0.2, 0) is 9.53 Å². The number of carbonyl (C=O) groups excluding carboxylic acids is 2. The summed E-state index contributed by atoms with van der Waals surface area (Å²) in [6.45, 7) is 6.00. The molecule has 132 valence electrons. The third-order valence-electron chi connectivity index (χ3n) is 3.92. The Morgan fingerprint density at radius 3 is 2.62 bits per heavy atom. The van der Waals surface area contributed by atoms with Gasteiger partial charge < -0.3 is 20.3 Å². The number of piperazine rings is 1. The minimum atomic E-state index is -0.0928. The van der Waals surface area contributed by atoms with Crippen molar-refractivity contribution in [1.29, 1.82) is 0 Å². The zero-order valence-electron chi connectivity index (χ0n) is 14.4. The van der Waals surface area contributed by atoms with Gasteiger partial charge in [0.1, 0.15) is 0 Å². The molecule has 0 bridgehead atoms. The van der Waals surface area contributed by atoms with Gasteiger partial charge in [0.2, 0.25) is 5.91 Å². The van der Waals surface area contributed by atoms with E-state index in [-0.39, 0.29) is 11.9 Å². The second-order valence-corrected chi connectivity index (χ2v) is 5.91. The van der Waals surface area contributed by atoms with Crippen molar-refractivity contribution < 1.29 is 14.3 Å². The maximum Gasteiger partial charge on any atom is 0.321 e. The zero-order chi connectivity index (χ0) is 17.4. The van der Waals surface area contributed by atoms with E-state index in [9.17, 15) is 9.59 Å². The molecule has 7 nitrogen and oxygen atoms in total. The van der Waals surface area contributed by atoms with Crippen LogP contribution in [0.2, 0.25) is 0 Å². The minimum Gasteiger partial charge on any atom is -0.383 e. The fraction of sp³-hybridized carbons (Fsp3) is 0.529. The summed E-state index contributed by atoms with van der Waals surface area (Å²) in [6, 6.07) is 7.64. The summed E-state index contributed by atoms with van der Waals surface area (Å²) >= 11 is 0. The highest BCUT2D eigenvalue weighted by Gasteiger charge is 2.22. The number of amides is 3. The molecule has 7 heteroatoms. The quantitative estimate of drug-likeness (QED) is 0.759. The number of hydrogen-bond donors (Lipinski definition) is 2. The van der Waals surface area contributed by atoms with E-state index >= 15 is 0 Å². The number of aryl methyl sites for hydroxylation is 1. The number of nitrogens with one attached hydrogen (secondary N) is 2. The van der Waals surface area contributed by atoms with Crippen LogP contribution in [0.25, 0.3) is 0 Å². The molecule has 1 heterocycles. The number of methoxy groups -OCH3 is 1. The first-order valence-electron chi connectivity index (χ1n) is 8.19. The Kier molecular flexibility index (Phi) is 7.02. The van der Waals surface area contributed by atoms with E-state index in [0.717, 1.165) is 11.3 Å². The molecule has 2 N–H and O–H groups in total. The second-order valence-electron chi connectivity index (χ2n) is 5.91. The number of nitrogens with zero attached hydrogens (tertiary/aromatic N) is 2. The molecule has 3 amide bonds. The first-order chi connectivity index (χ1) is 11.6. The van der Waals surface area contributed by atoms with Crippen LogP contribution >= 0.6 is 0 Å². The molecule has 1 aromatic carbocycles. The molecule has 0 spiro atoms. The molecule has 1 fully saturated rings. The van der Waals surface area contributed by atoms with Crippen molar-refractivity contribution in [3.8, 4) is 0 Å². The Bertz CT molecular complexity index is 557. The number of ether oxygens (including phenoxy) is 1. The highest BCUT2D eigenvalue weighted by Crippen LogP contribution is 2.11. The van der Waals surface area contributed by atoms with E-state index in [1.807, 2.05) is 31.2 Å². The Balaban J connectivity index is 1.72. The van der Waals surface area contributed by atoms with E-state index in [1.165, 1.54) is 0 Å².